The van der Waals surface area contributed by atoms with E-state index < -0.39 is 0 Å². The molecule has 0 saturated heterocycles. The fraction of sp³-hybridized carbons (Fsp3) is 0.500. The Morgan fingerprint density at radius 2 is 1.66 bits per heavy atom. The predicted octanol–water partition coefficient (Wildman–Crippen LogP) is 5.30. The Bertz CT molecular complexity index is 836. The van der Waals surface area contributed by atoms with Gasteiger partial charge in [0.1, 0.15) is 5.75 Å². The first-order valence-electron chi connectivity index (χ1n) is 10.6. The van der Waals surface area contributed by atoms with Crippen LogP contribution in [0.25, 0.3) is 10.8 Å². The Labute approximate surface area is 172 Å². The number of hydrogen-bond acceptors (Lipinski definition) is 5. The van der Waals surface area contributed by atoms with Crippen molar-refractivity contribution < 1.29 is 23.8 Å². The van der Waals surface area contributed by atoms with Crippen LogP contribution in [0.15, 0.2) is 36.4 Å². The maximum Gasteiger partial charge on any atom is 0.338 e. The lowest BCUT2D eigenvalue weighted by Gasteiger charge is -2.27. The number of hydrogen-bond donors (Lipinski definition) is 0. The quantitative estimate of drug-likeness (QED) is 0.446. The molecule has 1 saturated carbocycles. The van der Waals surface area contributed by atoms with Crippen LogP contribution in [0.3, 0.4) is 0 Å². The second-order valence-corrected chi connectivity index (χ2v) is 7.56. The summed E-state index contributed by atoms with van der Waals surface area (Å²) >= 11 is 0. The van der Waals surface area contributed by atoms with E-state index in [9.17, 15) is 9.59 Å². The molecule has 0 aromatic heterocycles. The van der Waals surface area contributed by atoms with E-state index in [1.54, 1.807) is 6.07 Å². The number of rotatable bonds is 8. The van der Waals surface area contributed by atoms with E-state index in [1.807, 2.05) is 37.3 Å². The predicted molar refractivity (Wildman–Crippen MR) is 112 cm³/mol. The second kappa shape index (κ2) is 10.3. The summed E-state index contributed by atoms with van der Waals surface area (Å²) in [7, 11) is 0. The number of benzene rings is 2. The smallest absolute Gasteiger partial charge is 0.338 e. The van der Waals surface area contributed by atoms with Crippen molar-refractivity contribution in [3.8, 4) is 5.75 Å². The van der Waals surface area contributed by atoms with Gasteiger partial charge in [-0.25, -0.2) is 4.79 Å². The minimum atomic E-state index is -0.279. The van der Waals surface area contributed by atoms with Gasteiger partial charge in [-0.1, -0.05) is 25.5 Å². The molecule has 5 heteroatoms. The van der Waals surface area contributed by atoms with Crippen LogP contribution in [0.2, 0.25) is 0 Å². The number of unbranched alkanes of at least 4 members (excludes halogenated alkanes) is 1. The summed E-state index contributed by atoms with van der Waals surface area (Å²) < 4.78 is 16.6. The second-order valence-electron chi connectivity index (χ2n) is 7.56. The van der Waals surface area contributed by atoms with Gasteiger partial charge in [0.2, 0.25) is 0 Å². The number of ether oxygens (including phenoxy) is 3. The van der Waals surface area contributed by atoms with Crippen molar-refractivity contribution >= 4 is 22.7 Å². The molecule has 29 heavy (non-hydrogen) atoms. The number of carbonyl (C=O) groups excluding carboxylic acids is 2. The van der Waals surface area contributed by atoms with Crippen molar-refractivity contribution in [2.45, 2.75) is 58.5 Å². The fourth-order valence-corrected chi connectivity index (χ4v) is 3.69. The van der Waals surface area contributed by atoms with Crippen molar-refractivity contribution in [3.05, 3.63) is 42.0 Å². The van der Waals surface area contributed by atoms with Gasteiger partial charge in [-0.15, -0.1) is 0 Å². The minimum absolute atomic E-state index is 0.00177. The van der Waals surface area contributed by atoms with Crippen molar-refractivity contribution in [3.63, 3.8) is 0 Å². The first-order chi connectivity index (χ1) is 14.1. The van der Waals surface area contributed by atoms with E-state index in [4.69, 9.17) is 14.2 Å². The zero-order chi connectivity index (χ0) is 20.6. The van der Waals surface area contributed by atoms with Crippen LogP contribution in [0.1, 0.15) is 62.7 Å². The summed E-state index contributed by atoms with van der Waals surface area (Å²) in [5.41, 5.74) is 0.569. The van der Waals surface area contributed by atoms with Gasteiger partial charge in [0, 0.05) is 0 Å². The first-order valence-corrected chi connectivity index (χ1v) is 10.6. The molecule has 1 fully saturated rings. The third kappa shape index (κ3) is 5.72. The molecule has 156 valence electrons. The zero-order valence-corrected chi connectivity index (χ0v) is 17.3. The summed E-state index contributed by atoms with van der Waals surface area (Å²) in [6.07, 6.45) is 5.31. The molecule has 0 amide bonds. The van der Waals surface area contributed by atoms with Gasteiger partial charge in [0.05, 0.1) is 30.8 Å². The lowest BCUT2D eigenvalue weighted by atomic mass is 9.87. The lowest BCUT2D eigenvalue weighted by Crippen LogP contribution is -2.29. The van der Waals surface area contributed by atoms with Gasteiger partial charge in [-0.3, -0.25) is 4.79 Å². The van der Waals surface area contributed by atoms with E-state index in [0.29, 0.717) is 18.8 Å². The molecule has 2 aromatic rings. The summed E-state index contributed by atoms with van der Waals surface area (Å²) in [6, 6.07) is 11.5. The van der Waals surface area contributed by atoms with Crippen molar-refractivity contribution in [1.29, 1.82) is 0 Å². The molecule has 0 radical (unpaired) electrons. The standard InChI is InChI=1S/C24H30O5/c1-3-5-14-28-24(26)20-7-6-19-16-22(13-10-18(19)15-20)29-21-11-8-17(9-12-21)23(25)27-4-2/h6-7,10,13,15-17,21H,3-5,8-9,11-12,14H2,1-2H3. The summed E-state index contributed by atoms with van der Waals surface area (Å²) in [6.45, 7) is 4.80. The van der Waals surface area contributed by atoms with Crippen LogP contribution >= 0.6 is 0 Å². The zero-order valence-electron chi connectivity index (χ0n) is 17.3. The topological polar surface area (TPSA) is 61.8 Å². The van der Waals surface area contributed by atoms with Crippen LogP contribution in [0.5, 0.6) is 5.75 Å². The van der Waals surface area contributed by atoms with E-state index in [2.05, 4.69) is 6.92 Å². The molecule has 0 atom stereocenters. The van der Waals surface area contributed by atoms with Crippen LogP contribution < -0.4 is 4.74 Å². The van der Waals surface area contributed by atoms with Gasteiger partial charge in [0.15, 0.2) is 0 Å². The normalized spacial score (nSPS) is 19.0. The molecule has 0 unspecified atom stereocenters. The summed E-state index contributed by atoms with van der Waals surface area (Å²) in [4.78, 5) is 24.0. The molecule has 1 aliphatic carbocycles. The molecule has 0 heterocycles. The Morgan fingerprint density at radius 1 is 0.931 bits per heavy atom. The Balaban J connectivity index is 1.58. The first kappa shape index (κ1) is 21.2. The van der Waals surface area contributed by atoms with Crippen LogP contribution in [-0.4, -0.2) is 31.3 Å². The highest BCUT2D eigenvalue weighted by Gasteiger charge is 2.28. The molecule has 0 spiro atoms. The average molecular weight is 398 g/mol. The minimum Gasteiger partial charge on any atom is -0.490 e. The molecule has 3 rings (SSSR count). The van der Waals surface area contributed by atoms with Gasteiger partial charge in [0.25, 0.3) is 0 Å². The Morgan fingerprint density at radius 3 is 2.38 bits per heavy atom. The van der Waals surface area contributed by atoms with Crippen LogP contribution in [0.4, 0.5) is 0 Å². The summed E-state index contributed by atoms with van der Waals surface area (Å²) in [5.74, 6) is 0.456. The molecule has 2 aromatic carbocycles. The molecule has 5 nitrogen and oxygen atoms in total. The third-order valence-electron chi connectivity index (χ3n) is 5.38. The van der Waals surface area contributed by atoms with Crippen molar-refractivity contribution in [2.75, 3.05) is 13.2 Å². The van der Waals surface area contributed by atoms with Crippen molar-refractivity contribution in [2.24, 2.45) is 5.92 Å². The maximum absolute atomic E-state index is 12.1. The van der Waals surface area contributed by atoms with E-state index in [-0.39, 0.29) is 24.0 Å². The molecule has 1 aliphatic rings. The highest BCUT2D eigenvalue weighted by atomic mass is 16.5. The van der Waals surface area contributed by atoms with E-state index in [1.165, 1.54) is 0 Å². The Kier molecular flexibility index (Phi) is 7.50. The van der Waals surface area contributed by atoms with E-state index in [0.717, 1.165) is 55.0 Å². The van der Waals surface area contributed by atoms with Gasteiger partial charge in [-0.05, 0) is 74.1 Å². The van der Waals surface area contributed by atoms with Gasteiger partial charge in [-0.2, -0.15) is 0 Å². The fourth-order valence-electron chi connectivity index (χ4n) is 3.69. The number of fused-ring (bicyclic) bond motifs is 1. The highest BCUT2D eigenvalue weighted by molar-refractivity contribution is 5.95. The average Bonchev–Trinajstić information content (AvgIpc) is 2.74. The lowest BCUT2D eigenvalue weighted by molar-refractivity contribution is -0.149. The number of esters is 2. The van der Waals surface area contributed by atoms with Crippen molar-refractivity contribution in [1.82, 2.24) is 0 Å². The number of carbonyl (C=O) groups is 2. The van der Waals surface area contributed by atoms with Crippen LogP contribution in [0, 0.1) is 5.92 Å². The molecular formula is C24H30O5. The molecular weight excluding hydrogens is 368 g/mol. The van der Waals surface area contributed by atoms with E-state index >= 15 is 0 Å². The SMILES string of the molecule is CCCCOC(=O)c1ccc2cc(OC3CCC(C(=O)OCC)CC3)ccc2c1. The highest BCUT2D eigenvalue weighted by Crippen LogP contribution is 2.30. The molecule has 0 aliphatic heterocycles. The van der Waals surface area contributed by atoms with Crippen LogP contribution in [-0.2, 0) is 14.3 Å². The maximum atomic E-state index is 12.1. The molecule has 0 N–H and O–H groups in total. The molecule has 0 bridgehead atoms. The summed E-state index contributed by atoms with van der Waals surface area (Å²) in [5, 5.41) is 2.00. The van der Waals surface area contributed by atoms with Gasteiger partial charge < -0.3 is 14.2 Å². The Hall–Kier alpha value is -2.56. The monoisotopic (exact) mass is 398 g/mol. The van der Waals surface area contributed by atoms with Gasteiger partial charge >= 0.3 is 11.9 Å². The third-order valence-corrected chi connectivity index (χ3v) is 5.38. The largest absolute Gasteiger partial charge is 0.490 e.